The fourth-order valence-electron chi connectivity index (χ4n) is 1.25. The third kappa shape index (κ3) is 3.17. The molecule has 0 spiro atoms. The summed E-state index contributed by atoms with van der Waals surface area (Å²) in [5.41, 5.74) is 1.99. The lowest BCUT2D eigenvalue weighted by molar-refractivity contribution is 0.438. The summed E-state index contributed by atoms with van der Waals surface area (Å²) in [6.07, 6.45) is 3.44. The van der Waals surface area contributed by atoms with Gasteiger partial charge in [-0.1, -0.05) is 33.6 Å². The number of aryl methyl sites for hydroxylation is 1. The largest absolute Gasteiger partial charge is 0.424 e. The van der Waals surface area contributed by atoms with Crippen molar-refractivity contribution in [2.75, 3.05) is 0 Å². The van der Waals surface area contributed by atoms with Gasteiger partial charge in [-0.25, -0.2) is 9.97 Å². The Labute approximate surface area is 113 Å². The first-order chi connectivity index (χ1) is 8.19. The standard InChI is InChI=1S/C12H10BrClN2O/c1-8-2-3-10(14)4-11(8)17-12-15-6-9(5-13)7-16-12/h2-4,6-7H,5H2,1H3. The summed E-state index contributed by atoms with van der Waals surface area (Å²) in [5, 5.41) is 1.35. The van der Waals surface area contributed by atoms with Crippen molar-refractivity contribution in [1.82, 2.24) is 9.97 Å². The van der Waals surface area contributed by atoms with Crippen LogP contribution in [-0.2, 0) is 5.33 Å². The van der Waals surface area contributed by atoms with E-state index in [1.165, 1.54) is 0 Å². The van der Waals surface area contributed by atoms with Crippen LogP contribution in [0.25, 0.3) is 0 Å². The Morgan fingerprint density at radius 2 is 2.00 bits per heavy atom. The van der Waals surface area contributed by atoms with Crippen molar-refractivity contribution >= 4 is 27.5 Å². The van der Waals surface area contributed by atoms with Crippen molar-refractivity contribution < 1.29 is 4.74 Å². The molecule has 0 unspecified atom stereocenters. The summed E-state index contributed by atoms with van der Waals surface area (Å²) >= 11 is 9.24. The lowest BCUT2D eigenvalue weighted by Gasteiger charge is -2.07. The van der Waals surface area contributed by atoms with Crippen molar-refractivity contribution in [1.29, 1.82) is 0 Å². The lowest BCUT2D eigenvalue weighted by atomic mass is 10.2. The Kier molecular flexibility index (Phi) is 3.97. The van der Waals surface area contributed by atoms with Crippen molar-refractivity contribution in [3.8, 4) is 11.8 Å². The molecule has 17 heavy (non-hydrogen) atoms. The van der Waals surface area contributed by atoms with Gasteiger partial charge in [-0.2, -0.15) is 0 Å². The molecule has 3 nitrogen and oxygen atoms in total. The minimum Gasteiger partial charge on any atom is -0.424 e. The molecular formula is C12H10BrClN2O. The SMILES string of the molecule is Cc1ccc(Cl)cc1Oc1ncc(CBr)cn1. The molecule has 0 fully saturated rings. The van der Waals surface area contributed by atoms with Gasteiger partial charge in [0.1, 0.15) is 5.75 Å². The Morgan fingerprint density at radius 1 is 1.29 bits per heavy atom. The van der Waals surface area contributed by atoms with Crippen molar-refractivity contribution in [2.24, 2.45) is 0 Å². The molecule has 5 heteroatoms. The summed E-state index contributed by atoms with van der Waals surface area (Å²) in [6.45, 7) is 1.94. The van der Waals surface area contributed by atoms with Gasteiger partial charge in [0, 0.05) is 22.7 Å². The van der Waals surface area contributed by atoms with E-state index in [2.05, 4.69) is 25.9 Å². The van der Waals surface area contributed by atoms with Gasteiger partial charge >= 0.3 is 6.01 Å². The minimum absolute atomic E-state index is 0.320. The number of nitrogens with zero attached hydrogens (tertiary/aromatic N) is 2. The number of ether oxygens (including phenoxy) is 1. The van der Waals surface area contributed by atoms with Crippen molar-refractivity contribution in [2.45, 2.75) is 12.3 Å². The number of hydrogen-bond donors (Lipinski definition) is 0. The maximum atomic E-state index is 5.90. The zero-order valence-corrected chi connectivity index (χ0v) is 11.5. The van der Waals surface area contributed by atoms with Crippen molar-refractivity contribution in [3.05, 3.63) is 46.7 Å². The molecule has 0 N–H and O–H groups in total. The first-order valence-electron chi connectivity index (χ1n) is 5.00. The van der Waals surface area contributed by atoms with Crippen LogP contribution in [0.15, 0.2) is 30.6 Å². The highest BCUT2D eigenvalue weighted by Crippen LogP contribution is 2.25. The summed E-state index contributed by atoms with van der Waals surface area (Å²) in [6, 6.07) is 5.78. The van der Waals surface area contributed by atoms with Gasteiger partial charge in [0.2, 0.25) is 0 Å². The molecule has 88 valence electrons. The second-order valence-corrected chi connectivity index (χ2v) is 4.52. The van der Waals surface area contributed by atoms with Crippen LogP contribution in [0.5, 0.6) is 11.8 Å². The Bertz CT molecular complexity index is 516. The van der Waals surface area contributed by atoms with Crippen LogP contribution in [0.4, 0.5) is 0 Å². The van der Waals surface area contributed by atoms with Gasteiger partial charge in [0.05, 0.1) is 0 Å². The van der Waals surface area contributed by atoms with E-state index in [4.69, 9.17) is 16.3 Å². The van der Waals surface area contributed by atoms with Gasteiger partial charge in [-0.05, 0) is 30.2 Å². The van der Waals surface area contributed by atoms with E-state index in [1.54, 1.807) is 18.5 Å². The van der Waals surface area contributed by atoms with Gasteiger partial charge in [0.25, 0.3) is 0 Å². The molecule has 0 aliphatic rings. The van der Waals surface area contributed by atoms with Crippen molar-refractivity contribution in [3.63, 3.8) is 0 Å². The number of halogens is 2. The quantitative estimate of drug-likeness (QED) is 0.799. The molecule has 2 aromatic rings. The smallest absolute Gasteiger partial charge is 0.321 e. The van der Waals surface area contributed by atoms with E-state index >= 15 is 0 Å². The number of benzene rings is 1. The molecule has 0 atom stereocenters. The van der Waals surface area contributed by atoms with Gasteiger partial charge in [-0.3, -0.25) is 0 Å². The van der Waals surface area contributed by atoms with Crippen LogP contribution in [0.1, 0.15) is 11.1 Å². The number of rotatable bonds is 3. The van der Waals surface area contributed by atoms with E-state index in [0.29, 0.717) is 16.8 Å². The predicted molar refractivity (Wildman–Crippen MR) is 70.9 cm³/mol. The summed E-state index contributed by atoms with van der Waals surface area (Å²) in [5.74, 6) is 0.670. The highest BCUT2D eigenvalue weighted by atomic mass is 79.9. The molecule has 0 amide bonds. The van der Waals surface area contributed by atoms with E-state index in [0.717, 1.165) is 16.5 Å². The topological polar surface area (TPSA) is 35.0 Å². The summed E-state index contributed by atoms with van der Waals surface area (Å²) in [4.78, 5) is 8.22. The third-order valence-corrected chi connectivity index (χ3v) is 3.07. The Morgan fingerprint density at radius 3 is 2.65 bits per heavy atom. The minimum atomic E-state index is 0.320. The van der Waals surface area contributed by atoms with Crippen LogP contribution in [0, 0.1) is 6.92 Å². The average Bonchev–Trinajstić information content (AvgIpc) is 2.35. The van der Waals surface area contributed by atoms with Crippen LogP contribution < -0.4 is 4.74 Å². The first kappa shape index (κ1) is 12.3. The molecular weight excluding hydrogens is 304 g/mol. The first-order valence-corrected chi connectivity index (χ1v) is 6.50. The molecule has 1 heterocycles. The highest BCUT2D eigenvalue weighted by molar-refractivity contribution is 9.08. The Balaban J connectivity index is 2.22. The fourth-order valence-corrected chi connectivity index (χ4v) is 1.70. The van der Waals surface area contributed by atoms with Crippen LogP contribution in [-0.4, -0.2) is 9.97 Å². The molecule has 1 aromatic carbocycles. The molecule has 0 aliphatic carbocycles. The molecule has 0 radical (unpaired) electrons. The van der Waals surface area contributed by atoms with Crippen LogP contribution in [0.3, 0.4) is 0 Å². The fraction of sp³-hybridized carbons (Fsp3) is 0.167. The predicted octanol–water partition coefficient (Wildman–Crippen LogP) is 4.13. The molecule has 0 saturated heterocycles. The molecule has 0 bridgehead atoms. The maximum Gasteiger partial charge on any atom is 0.321 e. The van der Waals surface area contributed by atoms with E-state index in [9.17, 15) is 0 Å². The normalized spacial score (nSPS) is 10.3. The number of alkyl halides is 1. The van der Waals surface area contributed by atoms with E-state index in [1.807, 2.05) is 19.1 Å². The van der Waals surface area contributed by atoms with Crippen LogP contribution >= 0.6 is 27.5 Å². The van der Waals surface area contributed by atoms with E-state index in [-0.39, 0.29) is 0 Å². The highest BCUT2D eigenvalue weighted by Gasteiger charge is 2.04. The Hall–Kier alpha value is -1.13. The third-order valence-electron chi connectivity index (χ3n) is 2.19. The van der Waals surface area contributed by atoms with Gasteiger partial charge < -0.3 is 4.74 Å². The van der Waals surface area contributed by atoms with Crippen LogP contribution in [0.2, 0.25) is 5.02 Å². The summed E-state index contributed by atoms with van der Waals surface area (Å²) < 4.78 is 5.57. The number of hydrogen-bond acceptors (Lipinski definition) is 3. The van der Waals surface area contributed by atoms with E-state index < -0.39 is 0 Å². The zero-order chi connectivity index (χ0) is 12.3. The monoisotopic (exact) mass is 312 g/mol. The lowest BCUT2D eigenvalue weighted by Crippen LogP contribution is -1.94. The second-order valence-electron chi connectivity index (χ2n) is 3.52. The zero-order valence-electron chi connectivity index (χ0n) is 9.15. The maximum absolute atomic E-state index is 5.90. The van der Waals surface area contributed by atoms with Gasteiger partial charge in [0.15, 0.2) is 0 Å². The molecule has 0 saturated carbocycles. The molecule has 0 aliphatic heterocycles. The molecule has 1 aromatic heterocycles. The second kappa shape index (κ2) is 5.47. The average molecular weight is 314 g/mol. The number of aromatic nitrogens is 2. The van der Waals surface area contributed by atoms with Gasteiger partial charge in [-0.15, -0.1) is 0 Å². The summed E-state index contributed by atoms with van der Waals surface area (Å²) in [7, 11) is 0. The molecule has 2 rings (SSSR count).